The standard InChI is InChI=1S/C16H19N3O/c20-16(14-3-1-4-14)17-11-9-13-5-7-15(8-6-13)19-12-2-10-18-19/h2,5-8,10,12,14H,1,3-4,9,11H2,(H,17,20). The molecule has 4 nitrogen and oxygen atoms in total. The molecule has 1 amide bonds. The van der Waals surface area contributed by atoms with Crippen molar-refractivity contribution in [3.8, 4) is 5.69 Å². The molecule has 1 aliphatic carbocycles. The third-order valence-electron chi connectivity index (χ3n) is 3.89. The molecular weight excluding hydrogens is 250 g/mol. The Morgan fingerprint density at radius 2 is 2.10 bits per heavy atom. The van der Waals surface area contributed by atoms with Crippen molar-refractivity contribution in [2.45, 2.75) is 25.7 Å². The number of benzene rings is 1. The second-order valence-corrected chi connectivity index (χ2v) is 5.29. The van der Waals surface area contributed by atoms with Gasteiger partial charge < -0.3 is 5.32 Å². The largest absolute Gasteiger partial charge is 0.356 e. The number of aromatic nitrogens is 2. The van der Waals surface area contributed by atoms with Gasteiger partial charge in [0.2, 0.25) is 5.91 Å². The number of nitrogens with one attached hydrogen (secondary N) is 1. The number of hydrogen-bond donors (Lipinski definition) is 1. The molecule has 3 rings (SSSR count). The Hall–Kier alpha value is -2.10. The van der Waals surface area contributed by atoms with Crippen molar-refractivity contribution < 1.29 is 4.79 Å². The van der Waals surface area contributed by atoms with Gasteiger partial charge in [-0.25, -0.2) is 4.68 Å². The summed E-state index contributed by atoms with van der Waals surface area (Å²) in [4.78, 5) is 11.7. The molecule has 20 heavy (non-hydrogen) atoms. The lowest BCUT2D eigenvalue weighted by Crippen LogP contribution is -2.35. The highest BCUT2D eigenvalue weighted by molar-refractivity contribution is 5.79. The summed E-state index contributed by atoms with van der Waals surface area (Å²) in [6.45, 7) is 0.719. The molecule has 1 N–H and O–H groups in total. The first-order chi connectivity index (χ1) is 9.83. The van der Waals surface area contributed by atoms with Crippen LogP contribution in [0.1, 0.15) is 24.8 Å². The molecule has 104 valence electrons. The zero-order valence-electron chi connectivity index (χ0n) is 11.5. The highest BCUT2D eigenvalue weighted by Gasteiger charge is 2.24. The lowest BCUT2D eigenvalue weighted by Gasteiger charge is -2.24. The minimum atomic E-state index is 0.226. The molecule has 4 heteroatoms. The molecule has 0 spiro atoms. The molecule has 0 unspecified atom stereocenters. The van der Waals surface area contributed by atoms with Crippen LogP contribution in [0.2, 0.25) is 0 Å². The van der Waals surface area contributed by atoms with E-state index in [0.29, 0.717) is 0 Å². The average Bonchev–Trinajstić information content (AvgIpc) is 2.91. The van der Waals surface area contributed by atoms with Gasteiger partial charge >= 0.3 is 0 Å². The van der Waals surface area contributed by atoms with Crippen molar-refractivity contribution in [1.82, 2.24) is 15.1 Å². The van der Waals surface area contributed by atoms with Gasteiger partial charge in [-0.05, 0) is 43.0 Å². The average molecular weight is 269 g/mol. The molecule has 0 atom stereocenters. The maximum absolute atomic E-state index is 11.7. The Labute approximate surface area is 118 Å². The molecule has 1 saturated carbocycles. The number of amides is 1. The highest BCUT2D eigenvalue weighted by atomic mass is 16.1. The first kappa shape index (κ1) is 12.9. The fourth-order valence-corrected chi connectivity index (χ4v) is 2.38. The minimum Gasteiger partial charge on any atom is -0.356 e. The molecule has 1 aliphatic rings. The number of rotatable bonds is 5. The van der Waals surface area contributed by atoms with Crippen LogP contribution in [0.15, 0.2) is 42.7 Å². The third kappa shape index (κ3) is 2.90. The van der Waals surface area contributed by atoms with Crippen LogP contribution in [0.5, 0.6) is 0 Å². The summed E-state index contributed by atoms with van der Waals surface area (Å²) in [6, 6.07) is 10.2. The summed E-state index contributed by atoms with van der Waals surface area (Å²) in [5, 5.41) is 7.22. The third-order valence-corrected chi connectivity index (χ3v) is 3.89. The van der Waals surface area contributed by atoms with Gasteiger partial charge in [-0.15, -0.1) is 0 Å². The number of carbonyl (C=O) groups is 1. The zero-order chi connectivity index (χ0) is 13.8. The number of hydrogen-bond acceptors (Lipinski definition) is 2. The van der Waals surface area contributed by atoms with Crippen LogP contribution in [0.4, 0.5) is 0 Å². The van der Waals surface area contributed by atoms with Gasteiger partial charge in [0.05, 0.1) is 5.69 Å². The Morgan fingerprint density at radius 3 is 2.70 bits per heavy atom. The molecular formula is C16H19N3O. The Bertz CT molecular complexity index is 556. The molecule has 0 aliphatic heterocycles. The molecule has 2 aromatic rings. The molecule has 1 aromatic carbocycles. The summed E-state index contributed by atoms with van der Waals surface area (Å²) in [5.41, 5.74) is 2.28. The van der Waals surface area contributed by atoms with E-state index in [4.69, 9.17) is 0 Å². The van der Waals surface area contributed by atoms with Gasteiger partial charge in [-0.1, -0.05) is 18.6 Å². The van der Waals surface area contributed by atoms with Crippen molar-refractivity contribution in [1.29, 1.82) is 0 Å². The van der Waals surface area contributed by atoms with E-state index in [9.17, 15) is 4.79 Å². The first-order valence-electron chi connectivity index (χ1n) is 7.19. The van der Waals surface area contributed by atoms with Crippen LogP contribution in [0, 0.1) is 5.92 Å². The second kappa shape index (κ2) is 5.90. The summed E-state index contributed by atoms with van der Waals surface area (Å²) in [5.74, 6) is 0.501. The predicted octanol–water partition coefficient (Wildman–Crippen LogP) is 2.33. The number of carbonyl (C=O) groups excluding carboxylic acids is 1. The topological polar surface area (TPSA) is 46.9 Å². The van der Waals surface area contributed by atoms with Crippen LogP contribution in [0.3, 0.4) is 0 Å². The van der Waals surface area contributed by atoms with Gasteiger partial charge in [0.25, 0.3) is 0 Å². The van der Waals surface area contributed by atoms with E-state index in [2.05, 4.69) is 34.7 Å². The molecule has 0 bridgehead atoms. The van der Waals surface area contributed by atoms with Crippen molar-refractivity contribution in [2.24, 2.45) is 5.92 Å². The molecule has 0 radical (unpaired) electrons. The van der Waals surface area contributed by atoms with Crippen LogP contribution in [0.25, 0.3) is 5.69 Å². The van der Waals surface area contributed by atoms with E-state index in [-0.39, 0.29) is 11.8 Å². The monoisotopic (exact) mass is 269 g/mol. The van der Waals surface area contributed by atoms with Crippen molar-refractivity contribution in [2.75, 3.05) is 6.54 Å². The highest BCUT2D eigenvalue weighted by Crippen LogP contribution is 2.26. The maximum atomic E-state index is 11.7. The van der Waals surface area contributed by atoms with E-state index in [1.54, 1.807) is 6.20 Å². The van der Waals surface area contributed by atoms with E-state index in [0.717, 1.165) is 31.5 Å². The molecule has 1 heterocycles. The van der Waals surface area contributed by atoms with Crippen molar-refractivity contribution in [3.05, 3.63) is 48.3 Å². The molecule has 1 fully saturated rings. The first-order valence-corrected chi connectivity index (χ1v) is 7.19. The zero-order valence-corrected chi connectivity index (χ0v) is 11.5. The second-order valence-electron chi connectivity index (χ2n) is 5.29. The summed E-state index contributed by atoms with van der Waals surface area (Å²) in [7, 11) is 0. The van der Waals surface area contributed by atoms with Gasteiger partial charge in [-0.2, -0.15) is 5.10 Å². The van der Waals surface area contributed by atoms with Crippen LogP contribution >= 0.6 is 0 Å². The Kier molecular flexibility index (Phi) is 3.81. The summed E-state index contributed by atoms with van der Waals surface area (Å²) >= 11 is 0. The van der Waals surface area contributed by atoms with Gasteiger partial charge in [-0.3, -0.25) is 4.79 Å². The van der Waals surface area contributed by atoms with Crippen LogP contribution < -0.4 is 5.32 Å². The predicted molar refractivity (Wildman–Crippen MR) is 77.6 cm³/mol. The smallest absolute Gasteiger partial charge is 0.223 e. The summed E-state index contributed by atoms with van der Waals surface area (Å²) in [6.07, 6.45) is 7.89. The molecule has 1 aromatic heterocycles. The van der Waals surface area contributed by atoms with E-state index in [1.165, 1.54) is 12.0 Å². The number of nitrogens with zero attached hydrogens (tertiary/aromatic N) is 2. The van der Waals surface area contributed by atoms with Crippen molar-refractivity contribution >= 4 is 5.91 Å². The Morgan fingerprint density at radius 1 is 1.30 bits per heavy atom. The van der Waals surface area contributed by atoms with Gasteiger partial charge in [0.1, 0.15) is 0 Å². The minimum absolute atomic E-state index is 0.226. The summed E-state index contributed by atoms with van der Waals surface area (Å²) < 4.78 is 1.84. The quantitative estimate of drug-likeness (QED) is 0.905. The fourth-order valence-electron chi connectivity index (χ4n) is 2.38. The molecule has 0 saturated heterocycles. The maximum Gasteiger partial charge on any atom is 0.223 e. The normalized spacial score (nSPS) is 14.8. The van der Waals surface area contributed by atoms with Gasteiger partial charge in [0.15, 0.2) is 0 Å². The SMILES string of the molecule is O=C(NCCc1ccc(-n2cccn2)cc1)C1CCC1. The fraction of sp³-hybridized carbons (Fsp3) is 0.375. The lowest BCUT2D eigenvalue weighted by atomic mass is 9.85. The lowest BCUT2D eigenvalue weighted by molar-refractivity contribution is -0.127. The Balaban J connectivity index is 1.49. The van der Waals surface area contributed by atoms with E-state index in [1.807, 2.05) is 16.9 Å². The van der Waals surface area contributed by atoms with E-state index >= 15 is 0 Å². The van der Waals surface area contributed by atoms with Crippen LogP contribution in [-0.4, -0.2) is 22.2 Å². The van der Waals surface area contributed by atoms with E-state index < -0.39 is 0 Å². The van der Waals surface area contributed by atoms with Crippen molar-refractivity contribution in [3.63, 3.8) is 0 Å². The van der Waals surface area contributed by atoms with Crippen LogP contribution in [-0.2, 0) is 11.2 Å². The van der Waals surface area contributed by atoms with Gasteiger partial charge in [0, 0.05) is 24.9 Å².